The Bertz CT molecular complexity index is 928. The van der Waals surface area contributed by atoms with Crippen molar-refractivity contribution in [3.63, 3.8) is 0 Å². The van der Waals surface area contributed by atoms with Gasteiger partial charge in [0.1, 0.15) is 6.10 Å². The van der Waals surface area contributed by atoms with E-state index in [0.29, 0.717) is 19.3 Å². The van der Waals surface area contributed by atoms with Gasteiger partial charge in [-0.1, -0.05) is 297 Å². The Balaban J connectivity index is 4.49. The van der Waals surface area contributed by atoms with Crippen LogP contribution in [0.4, 0.5) is 0 Å². The van der Waals surface area contributed by atoms with E-state index in [1.54, 1.807) is 0 Å². The molecule has 1 amide bonds. The maximum Gasteiger partial charge on any atom is 0.306 e. The smallest absolute Gasteiger partial charge is 0.306 e. The lowest BCUT2D eigenvalue weighted by Crippen LogP contribution is -2.46. The quantitative estimate of drug-likeness (QED) is 0.0417. The maximum absolute atomic E-state index is 13.3. The van der Waals surface area contributed by atoms with Crippen LogP contribution in [-0.2, 0) is 14.3 Å². The number of nitrogens with one attached hydrogen (secondary N) is 1. The zero-order valence-electron chi connectivity index (χ0n) is 43.7. The molecule has 0 saturated carbocycles. The average molecular weight is 907 g/mol. The summed E-state index contributed by atoms with van der Waals surface area (Å²) in [7, 11) is 0. The minimum Gasteiger partial charge on any atom is -0.462 e. The molecule has 0 bridgehead atoms. The highest BCUT2D eigenvalue weighted by atomic mass is 16.5. The van der Waals surface area contributed by atoms with E-state index in [2.05, 4.69) is 26.1 Å². The standard InChI is InChI=1S/C58H115NO5/c1-4-7-10-13-16-19-22-25-28-29-30-31-34-37-40-43-46-49-54(64-58(63)51-48-45-42-39-36-33-27-24-21-18-15-12-9-6-3)52-57(62)59-55(53-60)56(61)50-47-44-41-38-35-32-26-23-20-17-14-11-8-5-2/h54-56,60-61H,4-53H2,1-3H3,(H,59,62). The van der Waals surface area contributed by atoms with Gasteiger partial charge in [-0.3, -0.25) is 9.59 Å². The number of hydrogen-bond donors (Lipinski definition) is 3. The lowest BCUT2D eigenvalue weighted by atomic mass is 10.0. The van der Waals surface area contributed by atoms with E-state index in [1.165, 1.54) is 250 Å². The first-order valence-corrected chi connectivity index (χ1v) is 29.3. The molecule has 6 heteroatoms. The van der Waals surface area contributed by atoms with E-state index < -0.39 is 18.2 Å². The summed E-state index contributed by atoms with van der Waals surface area (Å²) >= 11 is 0. The SMILES string of the molecule is CCCCCCCCCCCCCCCCCCCC(CC(=O)NC(CO)C(O)CCCCCCCCCCCCCCCC)OC(=O)CCCCCCCCCCCCCCCC. The van der Waals surface area contributed by atoms with Crippen molar-refractivity contribution in [2.45, 2.75) is 354 Å². The molecule has 0 spiro atoms. The van der Waals surface area contributed by atoms with Gasteiger partial charge in [-0.05, 0) is 25.7 Å². The van der Waals surface area contributed by atoms with Crippen LogP contribution in [-0.4, -0.2) is 46.9 Å². The van der Waals surface area contributed by atoms with Crippen molar-refractivity contribution < 1.29 is 24.5 Å². The number of aliphatic hydroxyl groups excluding tert-OH is 2. The second-order valence-electron chi connectivity index (χ2n) is 20.4. The number of unbranched alkanes of at least 4 members (excludes halogenated alkanes) is 42. The second-order valence-corrected chi connectivity index (χ2v) is 20.4. The van der Waals surface area contributed by atoms with E-state index >= 15 is 0 Å². The topological polar surface area (TPSA) is 95.9 Å². The summed E-state index contributed by atoms with van der Waals surface area (Å²) in [6, 6.07) is -0.693. The average Bonchev–Trinajstić information content (AvgIpc) is 3.29. The lowest BCUT2D eigenvalue weighted by molar-refractivity contribution is -0.151. The van der Waals surface area contributed by atoms with Crippen LogP contribution in [0, 0.1) is 0 Å². The predicted molar refractivity (Wildman–Crippen MR) is 278 cm³/mol. The van der Waals surface area contributed by atoms with Crippen LogP contribution in [0.5, 0.6) is 0 Å². The number of carbonyl (C=O) groups is 2. The Labute approximate surface area is 400 Å². The summed E-state index contributed by atoms with van der Waals surface area (Å²) in [4.78, 5) is 26.3. The van der Waals surface area contributed by atoms with Crippen molar-refractivity contribution >= 4 is 11.9 Å². The highest BCUT2D eigenvalue weighted by Gasteiger charge is 2.24. The molecule has 3 atom stereocenters. The molecule has 64 heavy (non-hydrogen) atoms. The predicted octanol–water partition coefficient (Wildman–Crippen LogP) is 17.9. The van der Waals surface area contributed by atoms with Gasteiger partial charge < -0.3 is 20.3 Å². The number of amides is 1. The molecule has 0 saturated heterocycles. The van der Waals surface area contributed by atoms with Gasteiger partial charge >= 0.3 is 5.97 Å². The highest BCUT2D eigenvalue weighted by Crippen LogP contribution is 2.19. The third kappa shape index (κ3) is 47.4. The molecule has 0 fully saturated rings. The molecule has 3 N–H and O–H groups in total. The van der Waals surface area contributed by atoms with Gasteiger partial charge in [0.05, 0.1) is 25.2 Å². The third-order valence-corrected chi connectivity index (χ3v) is 13.9. The molecule has 6 nitrogen and oxygen atoms in total. The Kier molecular flexibility index (Phi) is 51.9. The lowest BCUT2D eigenvalue weighted by Gasteiger charge is -2.24. The van der Waals surface area contributed by atoms with Crippen molar-refractivity contribution in [3.8, 4) is 0 Å². The molecule has 0 aromatic rings. The molecule has 0 radical (unpaired) electrons. The Morgan fingerprint density at radius 2 is 0.656 bits per heavy atom. The Hall–Kier alpha value is -1.14. The number of esters is 1. The van der Waals surface area contributed by atoms with Crippen LogP contribution in [0.15, 0.2) is 0 Å². The highest BCUT2D eigenvalue weighted by molar-refractivity contribution is 5.77. The number of aliphatic hydroxyl groups is 2. The van der Waals surface area contributed by atoms with E-state index in [1.807, 2.05) is 0 Å². The molecule has 0 aliphatic carbocycles. The minimum atomic E-state index is -0.780. The van der Waals surface area contributed by atoms with Crippen molar-refractivity contribution in [1.29, 1.82) is 0 Å². The van der Waals surface area contributed by atoms with Crippen molar-refractivity contribution in [2.24, 2.45) is 0 Å². The van der Waals surface area contributed by atoms with Crippen LogP contribution in [0.1, 0.15) is 335 Å². The number of carbonyl (C=O) groups excluding carboxylic acids is 2. The van der Waals surface area contributed by atoms with Crippen LogP contribution >= 0.6 is 0 Å². The van der Waals surface area contributed by atoms with Gasteiger partial charge in [0.25, 0.3) is 0 Å². The van der Waals surface area contributed by atoms with Crippen molar-refractivity contribution in [2.75, 3.05) is 6.61 Å². The molecule has 0 rings (SSSR count). The van der Waals surface area contributed by atoms with Gasteiger partial charge in [-0.2, -0.15) is 0 Å². The molecule has 0 aliphatic heterocycles. The van der Waals surface area contributed by atoms with E-state index in [-0.39, 0.29) is 24.9 Å². The van der Waals surface area contributed by atoms with Crippen molar-refractivity contribution in [3.05, 3.63) is 0 Å². The molecule has 0 heterocycles. The summed E-state index contributed by atoms with van der Waals surface area (Å²) in [5, 5.41) is 23.9. The summed E-state index contributed by atoms with van der Waals surface area (Å²) < 4.78 is 5.97. The van der Waals surface area contributed by atoms with Gasteiger partial charge in [0.15, 0.2) is 0 Å². The number of ether oxygens (including phenoxy) is 1. The fraction of sp³-hybridized carbons (Fsp3) is 0.966. The summed E-state index contributed by atoms with van der Waals surface area (Å²) in [5.74, 6) is -0.444. The zero-order valence-corrected chi connectivity index (χ0v) is 43.7. The first kappa shape index (κ1) is 62.9. The fourth-order valence-corrected chi connectivity index (χ4v) is 9.49. The van der Waals surface area contributed by atoms with E-state index in [0.717, 1.165) is 38.5 Å². The maximum atomic E-state index is 13.3. The van der Waals surface area contributed by atoms with Gasteiger partial charge in [-0.25, -0.2) is 0 Å². The molecule has 0 aromatic heterocycles. The minimum absolute atomic E-state index is 0.0887. The van der Waals surface area contributed by atoms with Crippen LogP contribution in [0.25, 0.3) is 0 Å². The first-order chi connectivity index (χ1) is 31.5. The van der Waals surface area contributed by atoms with Gasteiger partial charge in [-0.15, -0.1) is 0 Å². The normalized spacial score (nSPS) is 13.0. The number of hydrogen-bond acceptors (Lipinski definition) is 5. The molecule has 3 unspecified atom stereocenters. The Morgan fingerprint density at radius 1 is 0.391 bits per heavy atom. The van der Waals surface area contributed by atoms with Crippen molar-refractivity contribution in [1.82, 2.24) is 5.32 Å². The second kappa shape index (κ2) is 52.8. The van der Waals surface area contributed by atoms with Crippen LogP contribution in [0.2, 0.25) is 0 Å². The summed E-state index contributed by atoms with van der Waals surface area (Å²) in [5.41, 5.74) is 0. The van der Waals surface area contributed by atoms with E-state index in [9.17, 15) is 19.8 Å². The van der Waals surface area contributed by atoms with Crippen LogP contribution < -0.4 is 5.32 Å². The third-order valence-electron chi connectivity index (χ3n) is 13.9. The summed E-state index contributed by atoms with van der Waals surface area (Å²) in [6.45, 7) is 6.54. The van der Waals surface area contributed by atoms with Crippen LogP contribution in [0.3, 0.4) is 0 Å². The Morgan fingerprint density at radius 3 is 0.953 bits per heavy atom. The van der Waals surface area contributed by atoms with Gasteiger partial charge in [0.2, 0.25) is 5.91 Å². The monoisotopic (exact) mass is 906 g/mol. The fourth-order valence-electron chi connectivity index (χ4n) is 9.49. The molecule has 0 aliphatic rings. The van der Waals surface area contributed by atoms with Gasteiger partial charge in [0, 0.05) is 6.42 Å². The summed E-state index contributed by atoms with van der Waals surface area (Å²) in [6.07, 6.45) is 58.8. The molecular formula is C58H115NO5. The zero-order chi connectivity index (χ0) is 46.7. The molecular weight excluding hydrogens is 791 g/mol. The van der Waals surface area contributed by atoms with E-state index in [4.69, 9.17) is 4.74 Å². The largest absolute Gasteiger partial charge is 0.462 e. The first-order valence-electron chi connectivity index (χ1n) is 29.3. The number of rotatable bonds is 54. The molecule has 382 valence electrons. The molecule has 0 aromatic carbocycles.